The Bertz CT molecular complexity index is 609. The number of rotatable bonds is 4. The quantitative estimate of drug-likeness (QED) is 0.939. The predicted molar refractivity (Wildman–Crippen MR) is 87.9 cm³/mol. The Kier molecular flexibility index (Phi) is 4.25. The standard InChI is InChI=1S/C17H20N2OS/c1-13(16-9-5-11-21-16)18-17(20)12-19-10-4-7-14-6-2-3-8-15(14)19/h2-3,5-6,8-9,11,13H,4,7,10,12H2,1H3,(H,18,20). The molecule has 1 aromatic heterocycles. The molecule has 1 amide bonds. The minimum absolute atomic E-state index is 0.0811. The second-order valence-electron chi connectivity index (χ2n) is 5.46. The lowest BCUT2D eigenvalue weighted by atomic mass is 10.0. The zero-order valence-electron chi connectivity index (χ0n) is 12.2. The summed E-state index contributed by atoms with van der Waals surface area (Å²) in [6.45, 7) is 3.43. The molecule has 0 aliphatic carbocycles. The van der Waals surface area contributed by atoms with Gasteiger partial charge in [0.1, 0.15) is 0 Å². The number of hydrogen-bond acceptors (Lipinski definition) is 3. The van der Waals surface area contributed by atoms with Crippen LogP contribution >= 0.6 is 11.3 Å². The van der Waals surface area contributed by atoms with E-state index in [1.54, 1.807) is 11.3 Å². The minimum Gasteiger partial charge on any atom is -0.362 e. The number of carbonyl (C=O) groups is 1. The molecule has 0 saturated heterocycles. The Morgan fingerprint density at radius 2 is 2.19 bits per heavy atom. The van der Waals surface area contributed by atoms with Gasteiger partial charge in [0.05, 0.1) is 12.6 Å². The van der Waals surface area contributed by atoms with Crippen LogP contribution in [0.15, 0.2) is 41.8 Å². The van der Waals surface area contributed by atoms with Gasteiger partial charge in [0.2, 0.25) is 5.91 Å². The number of nitrogens with zero attached hydrogens (tertiary/aromatic N) is 1. The topological polar surface area (TPSA) is 32.3 Å². The molecule has 1 aromatic carbocycles. The molecular weight excluding hydrogens is 280 g/mol. The van der Waals surface area contributed by atoms with E-state index in [-0.39, 0.29) is 11.9 Å². The van der Waals surface area contributed by atoms with E-state index < -0.39 is 0 Å². The number of aryl methyl sites for hydroxylation is 1. The normalized spacial score (nSPS) is 15.4. The van der Waals surface area contributed by atoms with E-state index in [0.717, 1.165) is 19.4 Å². The maximum Gasteiger partial charge on any atom is 0.240 e. The molecule has 3 nitrogen and oxygen atoms in total. The molecule has 2 aromatic rings. The van der Waals surface area contributed by atoms with E-state index in [1.165, 1.54) is 16.1 Å². The zero-order valence-corrected chi connectivity index (χ0v) is 13.0. The molecule has 0 saturated carbocycles. The maximum absolute atomic E-state index is 12.3. The van der Waals surface area contributed by atoms with E-state index in [0.29, 0.717) is 6.54 Å². The van der Waals surface area contributed by atoms with Crippen molar-refractivity contribution < 1.29 is 4.79 Å². The Hall–Kier alpha value is -1.81. The summed E-state index contributed by atoms with van der Waals surface area (Å²) < 4.78 is 0. The smallest absolute Gasteiger partial charge is 0.240 e. The summed E-state index contributed by atoms with van der Waals surface area (Å²) >= 11 is 1.68. The van der Waals surface area contributed by atoms with Crippen LogP contribution in [0.1, 0.15) is 29.8 Å². The van der Waals surface area contributed by atoms with Gasteiger partial charge in [0.25, 0.3) is 0 Å². The lowest BCUT2D eigenvalue weighted by Gasteiger charge is -2.31. The molecule has 0 radical (unpaired) electrons. The van der Waals surface area contributed by atoms with Crippen molar-refractivity contribution in [3.05, 3.63) is 52.2 Å². The first-order chi connectivity index (χ1) is 10.2. The number of anilines is 1. The van der Waals surface area contributed by atoms with Crippen LogP contribution in [0.25, 0.3) is 0 Å². The van der Waals surface area contributed by atoms with Crippen molar-refractivity contribution >= 4 is 22.9 Å². The van der Waals surface area contributed by atoms with Crippen LogP contribution in [-0.2, 0) is 11.2 Å². The molecule has 0 fully saturated rings. The lowest BCUT2D eigenvalue weighted by Crippen LogP contribution is -2.40. The van der Waals surface area contributed by atoms with E-state index in [9.17, 15) is 4.79 Å². The molecule has 0 spiro atoms. The average Bonchev–Trinajstić information content (AvgIpc) is 3.02. The van der Waals surface area contributed by atoms with Gasteiger partial charge in [0, 0.05) is 17.1 Å². The first-order valence-electron chi connectivity index (χ1n) is 7.39. The van der Waals surface area contributed by atoms with E-state index >= 15 is 0 Å². The molecule has 1 atom stereocenters. The molecule has 21 heavy (non-hydrogen) atoms. The second-order valence-corrected chi connectivity index (χ2v) is 6.44. The van der Waals surface area contributed by atoms with Crippen LogP contribution in [0.5, 0.6) is 0 Å². The van der Waals surface area contributed by atoms with Crippen LogP contribution in [0.2, 0.25) is 0 Å². The molecule has 1 aliphatic heterocycles. The molecule has 1 unspecified atom stereocenters. The molecule has 0 bridgehead atoms. The molecular formula is C17H20N2OS. The zero-order chi connectivity index (χ0) is 14.7. The predicted octanol–water partition coefficient (Wildman–Crippen LogP) is 3.38. The number of hydrogen-bond donors (Lipinski definition) is 1. The third kappa shape index (κ3) is 3.27. The Morgan fingerprint density at radius 3 is 3.00 bits per heavy atom. The maximum atomic E-state index is 12.3. The van der Waals surface area contributed by atoms with Gasteiger partial charge in [-0.3, -0.25) is 4.79 Å². The Balaban J connectivity index is 1.63. The summed E-state index contributed by atoms with van der Waals surface area (Å²) in [5.74, 6) is 0.0904. The number of nitrogens with one attached hydrogen (secondary N) is 1. The molecule has 3 rings (SSSR count). The van der Waals surface area contributed by atoms with Gasteiger partial charge in [-0.25, -0.2) is 0 Å². The van der Waals surface area contributed by atoms with Crippen molar-refractivity contribution in [2.24, 2.45) is 0 Å². The number of carbonyl (C=O) groups excluding carboxylic acids is 1. The van der Waals surface area contributed by atoms with E-state index in [4.69, 9.17) is 0 Å². The third-order valence-electron chi connectivity index (χ3n) is 3.89. The Morgan fingerprint density at radius 1 is 1.33 bits per heavy atom. The number of amides is 1. The van der Waals surface area contributed by atoms with Crippen molar-refractivity contribution in [1.29, 1.82) is 0 Å². The largest absolute Gasteiger partial charge is 0.362 e. The molecule has 1 N–H and O–H groups in total. The fraction of sp³-hybridized carbons (Fsp3) is 0.353. The van der Waals surface area contributed by atoms with Crippen LogP contribution < -0.4 is 10.2 Å². The Labute approximate surface area is 129 Å². The first-order valence-corrected chi connectivity index (χ1v) is 8.27. The van der Waals surface area contributed by atoms with Gasteiger partial charge in [-0.2, -0.15) is 0 Å². The summed E-state index contributed by atoms with van der Waals surface area (Å²) in [5.41, 5.74) is 2.56. The number of benzene rings is 1. The van der Waals surface area contributed by atoms with Crippen molar-refractivity contribution in [2.75, 3.05) is 18.0 Å². The summed E-state index contributed by atoms with van der Waals surface area (Å²) in [6.07, 6.45) is 2.23. The first kappa shape index (κ1) is 14.1. The molecule has 110 valence electrons. The number of fused-ring (bicyclic) bond motifs is 1. The van der Waals surface area contributed by atoms with Gasteiger partial charge in [-0.15, -0.1) is 11.3 Å². The van der Waals surface area contributed by atoms with Crippen molar-refractivity contribution in [3.63, 3.8) is 0 Å². The van der Waals surface area contributed by atoms with Gasteiger partial charge in [-0.05, 0) is 42.8 Å². The number of thiophene rings is 1. The van der Waals surface area contributed by atoms with Crippen LogP contribution in [0.4, 0.5) is 5.69 Å². The fourth-order valence-corrected chi connectivity index (χ4v) is 3.58. The minimum atomic E-state index is 0.0811. The van der Waals surface area contributed by atoms with Crippen LogP contribution in [0.3, 0.4) is 0 Å². The van der Waals surface area contributed by atoms with Gasteiger partial charge in [-0.1, -0.05) is 24.3 Å². The van der Waals surface area contributed by atoms with Gasteiger partial charge >= 0.3 is 0 Å². The molecule has 1 aliphatic rings. The lowest BCUT2D eigenvalue weighted by molar-refractivity contribution is -0.120. The summed E-state index contributed by atoms with van der Waals surface area (Å²) in [4.78, 5) is 15.7. The van der Waals surface area contributed by atoms with Crippen LogP contribution in [-0.4, -0.2) is 19.0 Å². The second kappa shape index (κ2) is 6.31. The van der Waals surface area contributed by atoms with Crippen molar-refractivity contribution in [2.45, 2.75) is 25.8 Å². The SMILES string of the molecule is CC(NC(=O)CN1CCCc2ccccc21)c1cccs1. The molecule has 4 heteroatoms. The van der Waals surface area contributed by atoms with E-state index in [2.05, 4.69) is 34.5 Å². The highest BCUT2D eigenvalue weighted by molar-refractivity contribution is 7.10. The van der Waals surface area contributed by atoms with Crippen molar-refractivity contribution in [3.8, 4) is 0 Å². The van der Waals surface area contributed by atoms with Crippen LogP contribution in [0, 0.1) is 0 Å². The highest BCUT2D eigenvalue weighted by atomic mass is 32.1. The molecule has 2 heterocycles. The number of para-hydroxylation sites is 1. The highest BCUT2D eigenvalue weighted by Gasteiger charge is 2.19. The van der Waals surface area contributed by atoms with E-state index in [1.807, 2.05) is 24.4 Å². The third-order valence-corrected chi connectivity index (χ3v) is 4.94. The summed E-state index contributed by atoms with van der Waals surface area (Å²) in [7, 11) is 0. The monoisotopic (exact) mass is 300 g/mol. The average molecular weight is 300 g/mol. The fourth-order valence-electron chi connectivity index (χ4n) is 2.85. The summed E-state index contributed by atoms with van der Waals surface area (Å²) in [6, 6.07) is 12.6. The highest BCUT2D eigenvalue weighted by Crippen LogP contribution is 2.26. The van der Waals surface area contributed by atoms with Crippen molar-refractivity contribution in [1.82, 2.24) is 5.32 Å². The van der Waals surface area contributed by atoms with Gasteiger partial charge in [0.15, 0.2) is 0 Å². The van der Waals surface area contributed by atoms with Gasteiger partial charge < -0.3 is 10.2 Å². The summed E-state index contributed by atoms with van der Waals surface area (Å²) in [5, 5.41) is 5.13.